The van der Waals surface area contributed by atoms with Crippen molar-refractivity contribution < 1.29 is 31.9 Å². The number of alkyl halides is 5. The molecular weight excluding hydrogens is 299 g/mol. The lowest BCUT2D eigenvalue weighted by Crippen LogP contribution is -2.35. The van der Waals surface area contributed by atoms with Crippen LogP contribution in [0.5, 0.6) is 0 Å². The average molecular weight is 312 g/mol. The molecule has 0 saturated carbocycles. The zero-order valence-corrected chi connectivity index (χ0v) is 10.7. The van der Waals surface area contributed by atoms with Crippen LogP contribution in [0.4, 0.5) is 27.6 Å². The number of anilines is 1. The van der Waals surface area contributed by atoms with E-state index < -0.39 is 31.2 Å². The minimum absolute atomic E-state index is 0.0503. The molecule has 0 fully saturated rings. The summed E-state index contributed by atoms with van der Waals surface area (Å²) < 4.78 is 61.7. The van der Waals surface area contributed by atoms with E-state index in [1.165, 1.54) is 24.3 Å². The molecule has 1 rings (SSSR count). The molecule has 0 aromatic heterocycles. The fraction of sp³-hybridized carbons (Fsp3) is 0.417. The molecule has 0 aliphatic rings. The van der Waals surface area contributed by atoms with Crippen molar-refractivity contribution >= 4 is 11.6 Å². The number of aliphatic hydroxyl groups is 1. The summed E-state index contributed by atoms with van der Waals surface area (Å²) >= 11 is 0. The van der Waals surface area contributed by atoms with Gasteiger partial charge in [-0.2, -0.15) is 13.2 Å². The molecule has 0 atom stereocenters. The molecule has 0 spiro atoms. The second kappa shape index (κ2) is 6.81. The number of aliphatic hydroxyl groups excluding tert-OH is 1. The van der Waals surface area contributed by atoms with Crippen LogP contribution in [-0.2, 0) is 11.3 Å². The molecule has 0 aliphatic heterocycles. The quantitative estimate of drug-likeness (QED) is 0.703. The minimum atomic E-state index is -5.00. The average Bonchev–Trinajstić information content (AvgIpc) is 2.38. The molecular formula is C12H13F5N2O2. The number of amides is 1. The first-order chi connectivity index (χ1) is 9.64. The minimum Gasteiger partial charge on any atom is -0.390 e. The lowest BCUT2D eigenvalue weighted by atomic mass is 10.2. The summed E-state index contributed by atoms with van der Waals surface area (Å²) in [6.45, 7) is -2.13. The Kier molecular flexibility index (Phi) is 5.62. The van der Waals surface area contributed by atoms with E-state index in [9.17, 15) is 26.7 Å². The van der Waals surface area contributed by atoms with Crippen LogP contribution in [0.3, 0.4) is 0 Å². The monoisotopic (exact) mass is 312 g/mol. The van der Waals surface area contributed by atoms with E-state index in [-0.39, 0.29) is 12.2 Å². The van der Waals surface area contributed by atoms with E-state index in [4.69, 9.17) is 5.11 Å². The molecule has 21 heavy (non-hydrogen) atoms. The summed E-state index contributed by atoms with van der Waals surface area (Å²) in [7, 11) is 0. The third-order valence-corrected chi connectivity index (χ3v) is 2.39. The van der Waals surface area contributed by atoms with Crippen molar-refractivity contribution in [1.82, 2.24) is 5.32 Å². The lowest BCUT2D eigenvalue weighted by molar-refractivity contribution is -0.167. The Bertz CT molecular complexity index is 491. The van der Waals surface area contributed by atoms with Crippen LogP contribution in [0, 0.1) is 0 Å². The first-order valence-electron chi connectivity index (χ1n) is 5.80. The van der Waals surface area contributed by atoms with Gasteiger partial charge in [0.15, 0.2) is 0 Å². The molecule has 118 valence electrons. The Hall–Kier alpha value is -1.74. The highest BCUT2D eigenvalue weighted by atomic mass is 19.4. The summed E-state index contributed by atoms with van der Waals surface area (Å²) in [5.41, 5.74) is 0.314. The first kappa shape index (κ1) is 17.3. The fourth-order valence-corrected chi connectivity index (χ4v) is 1.41. The van der Waals surface area contributed by atoms with Gasteiger partial charge < -0.3 is 15.7 Å². The normalized spacial score (nSPS) is 12.3. The predicted molar refractivity (Wildman–Crippen MR) is 64.9 cm³/mol. The van der Waals surface area contributed by atoms with Gasteiger partial charge in [-0.1, -0.05) is 12.1 Å². The van der Waals surface area contributed by atoms with E-state index in [2.05, 4.69) is 5.32 Å². The molecule has 0 saturated heterocycles. The van der Waals surface area contributed by atoms with Gasteiger partial charge in [0.1, 0.15) is 6.61 Å². The third kappa shape index (κ3) is 6.05. The van der Waals surface area contributed by atoms with Gasteiger partial charge in [0.25, 0.3) is 5.92 Å². The Morgan fingerprint density at radius 1 is 1.19 bits per heavy atom. The zero-order valence-electron chi connectivity index (χ0n) is 10.7. The van der Waals surface area contributed by atoms with E-state index in [1.807, 2.05) is 0 Å². The molecule has 9 heteroatoms. The van der Waals surface area contributed by atoms with Crippen LogP contribution in [0.25, 0.3) is 0 Å². The van der Waals surface area contributed by atoms with Crippen LogP contribution in [0.1, 0.15) is 5.56 Å². The Labute approximate surface area is 117 Å². The maximum Gasteiger partial charge on any atom is 0.471 e. The van der Waals surface area contributed by atoms with E-state index in [0.717, 1.165) is 0 Å². The van der Waals surface area contributed by atoms with Crippen LogP contribution >= 0.6 is 0 Å². The van der Waals surface area contributed by atoms with Gasteiger partial charge in [-0.25, -0.2) is 8.78 Å². The molecule has 0 unspecified atom stereocenters. The van der Waals surface area contributed by atoms with Crippen LogP contribution in [0.2, 0.25) is 0 Å². The van der Waals surface area contributed by atoms with Gasteiger partial charge in [-0.3, -0.25) is 4.79 Å². The van der Waals surface area contributed by atoms with Gasteiger partial charge in [0.05, 0.1) is 6.54 Å². The molecule has 3 N–H and O–H groups in total. The van der Waals surface area contributed by atoms with Crippen molar-refractivity contribution in [3.8, 4) is 0 Å². The molecule has 0 bridgehead atoms. The number of rotatable bonds is 6. The second-order valence-corrected chi connectivity index (χ2v) is 4.27. The SMILES string of the molecule is O=C(Nc1cccc(CNCC(F)(F)CO)c1)C(F)(F)F. The number of hydrogen-bond donors (Lipinski definition) is 3. The summed E-state index contributed by atoms with van der Waals surface area (Å²) in [6.07, 6.45) is -5.00. The summed E-state index contributed by atoms with van der Waals surface area (Å²) in [4.78, 5) is 10.8. The molecule has 0 aliphatic carbocycles. The largest absolute Gasteiger partial charge is 0.471 e. The number of carbonyl (C=O) groups is 1. The number of carbonyl (C=O) groups excluding carboxylic acids is 1. The van der Waals surface area contributed by atoms with Gasteiger partial charge in [0, 0.05) is 12.2 Å². The summed E-state index contributed by atoms with van der Waals surface area (Å²) in [5, 5.41) is 12.4. The topological polar surface area (TPSA) is 61.4 Å². The van der Waals surface area contributed by atoms with Gasteiger partial charge >= 0.3 is 12.1 Å². The van der Waals surface area contributed by atoms with Crippen molar-refractivity contribution in [1.29, 1.82) is 0 Å². The molecule has 0 radical (unpaired) electrons. The lowest BCUT2D eigenvalue weighted by Gasteiger charge is -2.14. The summed E-state index contributed by atoms with van der Waals surface area (Å²) in [5.74, 6) is -5.39. The number of hydrogen-bond acceptors (Lipinski definition) is 3. The van der Waals surface area contributed by atoms with Crippen molar-refractivity contribution in [2.45, 2.75) is 18.6 Å². The highest BCUT2D eigenvalue weighted by Gasteiger charge is 2.38. The first-order valence-corrected chi connectivity index (χ1v) is 5.80. The zero-order chi connectivity index (χ0) is 16.1. The highest BCUT2D eigenvalue weighted by molar-refractivity contribution is 5.94. The van der Waals surface area contributed by atoms with E-state index >= 15 is 0 Å². The van der Waals surface area contributed by atoms with Gasteiger partial charge in [0.2, 0.25) is 0 Å². The van der Waals surface area contributed by atoms with Crippen molar-refractivity contribution in [2.24, 2.45) is 0 Å². The van der Waals surface area contributed by atoms with Crippen molar-refractivity contribution in [2.75, 3.05) is 18.5 Å². The van der Waals surface area contributed by atoms with Crippen LogP contribution in [-0.4, -0.2) is 36.3 Å². The maximum atomic E-state index is 12.7. The maximum absolute atomic E-state index is 12.7. The van der Waals surface area contributed by atoms with Crippen LogP contribution < -0.4 is 10.6 Å². The second-order valence-electron chi connectivity index (χ2n) is 4.27. The highest BCUT2D eigenvalue weighted by Crippen LogP contribution is 2.19. The van der Waals surface area contributed by atoms with Crippen molar-refractivity contribution in [3.05, 3.63) is 29.8 Å². The standard InChI is InChI=1S/C12H13F5N2O2/c13-11(14,7-20)6-18-5-8-2-1-3-9(4-8)19-10(21)12(15,16)17/h1-4,18,20H,5-7H2,(H,19,21). The molecule has 0 heterocycles. The van der Waals surface area contributed by atoms with E-state index in [0.29, 0.717) is 5.56 Å². The Morgan fingerprint density at radius 2 is 1.86 bits per heavy atom. The van der Waals surface area contributed by atoms with Crippen molar-refractivity contribution in [3.63, 3.8) is 0 Å². The summed E-state index contributed by atoms with van der Waals surface area (Å²) in [6, 6.07) is 5.35. The Balaban J connectivity index is 2.59. The van der Waals surface area contributed by atoms with Crippen LogP contribution in [0.15, 0.2) is 24.3 Å². The number of nitrogens with one attached hydrogen (secondary N) is 2. The smallest absolute Gasteiger partial charge is 0.390 e. The molecule has 1 aromatic carbocycles. The number of halogens is 5. The van der Waals surface area contributed by atoms with Gasteiger partial charge in [-0.05, 0) is 17.7 Å². The molecule has 1 amide bonds. The van der Waals surface area contributed by atoms with E-state index in [1.54, 1.807) is 5.32 Å². The predicted octanol–water partition coefficient (Wildman–Crippen LogP) is 1.90. The Morgan fingerprint density at radius 3 is 2.43 bits per heavy atom. The molecule has 1 aromatic rings. The van der Waals surface area contributed by atoms with Gasteiger partial charge in [-0.15, -0.1) is 0 Å². The third-order valence-electron chi connectivity index (χ3n) is 2.39. The number of benzene rings is 1. The molecule has 4 nitrogen and oxygen atoms in total. The fourth-order valence-electron chi connectivity index (χ4n) is 1.41.